The van der Waals surface area contributed by atoms with Crippen LogP contribution in [0.15, 0.2) is 48.5 Å². The molecule has 0 unspecified atom stereocenters. The van der Waals surface area contributed by atoms with Crippen molar-refractivity contribution in [2.24, 2.45) is 23.0 Å². The molecule has 0 spiro atoms. The van der Waals surface area contributed by atoms with Crippen molar-refractivity contribution in [1.29, 1.82) is 0 Å². The first-order valence-electron chi connectivity index (χ1n) is 16.4. The first kappa shape index (κ1) is 32.5. The second-order valence-corrected chi connectivity index (χ2v) is 14.8. The smallest absolute Gasteiger partial charge is 0.227 e. The summed E-state index contributed by atoms with van der Waals surface area (Å²) in [5.74, 6) is 0.0203. The quantitative estimate of drug-likeness (QED) is 0.350. The molecule has 1 aliphatic heterocycles. The number of nitrogens with one attached hydrogen (secondary N) is 2. The van der Waals surface area contributed by atoms with Crippen molar-refractivity contribution in [1.82, 2.24) is 15.5 Å². The van der Waals surface area contributed by atoms with E-state index in [2.05, 4.69) is 10.6 Å². The summed E-state index contributed by atoms with van der Waals surface area (Å²) in [5, 5.41) is 7.13. The highest BCUT2D eigenvalue weighted by molar-refractivity contribution is 6.30. The maximum atomic E-state index is 13.8. The van der Waals surface area contributed by atoms with Gasteiger partial charge in [0.25, 0.3) is 0 Å². The van der Waals surface area contributed by atoms with Gasteiger partial charge in [-0.25, -0.2) is 0 Å². The number of hydrogen-bond acceptors (Lipinski definition) is 4. The Bertz CT molecular complexity index is 1320. The molecule has 0 radical (unpaired) electrons. The van der Waals surface area contributed by atoms with Crippen LogP contribution in [0.2, 0.25) is 5.02 Å². The number of piperidine rings is 1. The lowest BCUT2D eigenvalue weighted by atomic mass is 9.63. The zero-order valence-electron chi connectivity index (χ0n) is 26.5. The minimum absolute atomic E-state index is 0.0109. The highest BCUT2D eigenvalue weighted by Gasteiger charge is 2.48. The lowest BCUT2D eigenvalue weighted by Gasteiger charge is -2.47. The molecule has 2 aliphatic carbocycles. The largest absolute Gasteiger partial charge is 0.352 e. The molecule has 3 amide bonds. The summed E-state index contributed by atoms with van der Waals surface area (Å²) < 4.78 is 0. The third-order valence-electron chi connectivity index (χ3n) is 10.1. The number of hydrogen-bond donors (Lipinski definition) is 3. The van der Waals surface area contributed by atoms with Crippen LogP contribution < -0.4 is 16.4 Å². The average molecular weight is 621 g/mol. The molecule has 5 rings (SSSR count). The number of carbonyl (C=O) groups excluding carboxylic acids is 3. The molecule has 1 heterocycles. The fourth-order valence-corrected chi connectivity index (χ4v) is 7.83. The van der Waals surface area contributed by atoms with E-state index >= 15 is 0 Å². The Labute approximate surface area is 267 Å². The van der Waals surface area contributed by atoms with E-state index in [-0.39, 0.29) is 47.7 Å². The molecule has 3 atom stereocenters. The van der Waals surface area contributed by atoms with Crippen LogP contribution in [0, 0.1) is 17.3 Å². The summed E-state index contributed by atoms with van der Waals surface area (Å²) in [6, 6.07) is 14.7. The molecule has 0 aromatic heterocycles. The normalized spacial score (nSPS) is 22.6. The van der Waals surface area contributed by atoms with Gasteiger partial charge in [-0.3, -0.25) is 14.4 Å². The van der Waals surface area contributed by atoms with Gasteiger partial charge in [0.2, 0.25) is 17.7 Å². The first-order valence-corrected chi connectivity index (χ1v) is 16.8. The van der Waals surface area contributed by atoms with Gasteiger partial charge < -0.3 is 21.3 Å². The van der Waals surface area contributed by atoms with Gasteiger partial charge in [0.15, 0.2) is 0 Å². The highest BCUT2D eigenvalue weighted by atomic mass is 35.5. The molecule has 1 saturated heterocycles. The Hall–Kier alpha value is -2.90. The number of fused-ring (bicyclic) bond motifs is 1. The number of likely N-dealkylation sites (tertiary alicyclic amines) is 1. The topological polar surface area (TPSA) is 105 Å². The Morgan fingerprint density at radius 2 is 1.66 bits per heavy atom. The molecule has 2 fully saturated rings. The predicted octanol–water partition coefficient (Wildman–Crippen LogP) is 5.73. The van der Waals surface area contributed by atoms with Gasteiger partial charge in [-0.05, 0) is 94.0 Å². The van der Waals surface area contributed by atoms with Gasteiger partial charge in [0.05, 0.1) is 11.3 Å². The van der Waals surface area contributed by atoms with Crippen molar-refractivity contribution >= 4 is 29.3 Å². The van der Waals surface area contributed by atoms with Crippen LogP contribution in [0.4, 0.5) is 0 Å². The third kappa shape index (κ3) is 7.48. The fraction of sp³-hybridized carbons (Fsp3) is 0.583. The Kier molecular flexibility index (Phi) is 10.1. The summed E-state index contributed by atoms with van der Waals surface area (Å²) in [6.07, 6.45) is 8.36. The van der Waals surface area contributed by atoms with Gasteiger partial charge in [-0.2, -0.15) is 0 Å². The summed E-state index contributed by atoms with van der Waals surface area (Å²) in [5.41, 5.74) is 8.91. The molecule has 3 aliphatic rings. The minimum atomic E-state index is -0.435. The number of carbonyl (C=O) groups is 3. The molecule has 238 valence electrons. The van der Waals surface area contributed by atoms with E-state index in [1.165, 1.54) is 19.3 Å². The van der Waals surface area contributed by atoms with Crippen molar-refractivity contribution in [2.75, 3.05) is 13.1 Å². The number of halogens is 1. The van der Waals surface area contributed by atoms with Crippen LogP contribution in [-0.4, -0.2) is 47.3 Å². The average Bonchev–Trinajstić information content (AvgIpc) is 3.34. The van der Waals surface area contributed by atoms with Crippen LogP contribution >= 0.6 is 11.6 Å². The van der Waals surface area contributed by atoms with Crippen molar-refractivity contribution in [3.63, 3.8) is 0 Å². The maximum Gasteiger partial charge on any atom is 0.227 e. The molecule has 44 heavy (non-hydrogen) atoms. The zero-order valence-corrected chi connectivity index (χ0v) is 27.3. The van der Waals surface area contributed by atoms with Crippen molar-refractivity contribution in [3.05, 3.63) is 70.2 Å². The minimum Gasteiger partial charge on any atom is -0.352 e. The van der Waals surface area contributed by atoms with E-state index in [9.17, 15) is 14.4 Å². The van der Waals surface area contributed by atoms with Crippen LogP contribution in [-0.2, 0) is 27.2 Å². The van der Waals surface area contributed by atoms with Gasteiger partial charge in [0, 0.05) is 42.2 Å². The fourth-order valence-electron chi connectivity index (χ4n) is 7.71. The number of rotatable bonds is 8. The lowest BCUT2D eigenvalue weighted by molar-refractivity contribution is -0.146. The van der Waals surface area contributed by atoms with Crippen molar-refractivity contribution < 1.29 is 14.4 Å². The van der Waals surface area contributed by atoms with Crippen LogP contribution in [0.1, 0.15) is 94.9 Å². The molecule has 7 nitrogen and oxygen atoms in total. The van der Waals surface area contributed by atoms with Gasteiger partial charge >= 0.3 is 0 Å². The molecule has 8 heteroatoms. The van der Waals surface area contributed by atoms with E-state index < -0.39 is 5.41 Å². The number of benzene rings is 2. The van der Waals surface area contributed by atoms with Crippen molar-refractivity contribution in [2.45, 2.75) is 103 Å². The highest BCUT2D eigenvalue weighted by Crippen LogP contribution is 2.46. The van der Waals surface area contributed by atoms with Crippen LogP contribution in [0.3, 0.4) is 0 Å². The monoisotopic (exact) mass is 620 g/mol. The van der Waals surface area contributed by atoms with E-state index in [1.54, 1.807) is 0 Å². The molecule has 4 N–H and O–H groups in total. The molecule has 2 aromatic carbocycles. The second kappa shape index (κ2) is 13.6. The Morgan fingerprint density at radius 3 is 2.30 bits per heavy atom. The molecule has 1 saturated carbocycles. The lowest BCUT2D eigenvalue weighted by Crippen LogP contribution is -2.57. The molecular weight excluding hydrogens is 572 g/mol. The summed E-state index contributed by atoms with van der Waals surface area (Å²) in [7, 11) is 0. The predicted molar refractivity (Wildman–Crippen MR) is 175 cm³/mol. The van der Waals surface area contributed by atoms with Gasteiger partial charge in [-0.15, -0.1) is 0 Å². The molecular formula is C36H49ClN4O3. The van der Waals surface area contributed by atoms with Gasteiger partial charge in [-0.1, -0.05) is 67.3 Å². The Balaban J connectivity index is 1.27. The molecule has 2 aromatic rings. The van der Waals surface area contributed by atoms with E-state index in [4.69, 9.17) is 17.3 Å². The third-order valence-corrected chi connectivity index (χ3v) is 10.4. The standard InChI is InChI=1S/C36H49ClN4O3/c1-35(2,3)40-34(44)36(26-10-5-4-6-11-26)17-19-41(20-18-36)31(42)23-28(21-24-13-15-27(37)16-14-24)39-33(43)30-22-25-9-7-8-12-29(25)32(30)38/h7-9,12-16,26,28,30,32H,4-6,10-11,17-23,38H2,1-3H3,(H,39,43)(H,40,44)/t28-,30+,32-/m1/s1. The van der Waals surface area contributed by atoms with E-state index in [1.807, 2.05) is 74.2 Å². The Morgan fingerprint density at radius 1 is 1.00 bits per heavy atom. The van der Waals surface area contributed by atoms with Crippen molar-refractivity contribution in [3.8, 4) is 0 Å². The summed E-state index contributed by atoms with van der Waals surface area (Å²) in [6.45, 7) is 7.20. The van der Waals surface area contributed by atoms with Crippen LogP contribution in [0.5, 0.6) is 0 Å². The summed E-state index contributed by atoms with van der Waals surface area (Å²) in [4.78, 5) is 43.1. The number of nitrogens with zero attached hydrogens (tertiary/aromatic N) is 1. The first-order chi connectivity index (χ1) is 20.9. The molecule has 0 bridgehead atoms. The number of amides is 3. The number of nitrogens with two attached hydrogens (primary N) is 1. The second-order valence-electron chi connectivity index (χ2n) is 14.4. The van der Waals surface area contributed by atoms with E-state index in [0.717, 1.165) is 29.5 Å². The zero-order chi connectivity index (χ0) is 31.5. The van der Waals surface area contributed by atoms with Gasteiger partial charge in [0.1, 0.15) is 0 Å². The summed E-state index contributed by atoms with van der Waals surface area (Å²) >= 11 is 6.13. The van der Waals surface area contributed by atoms with Crippen LogP contribution in [0.25, 0.3) is 0 Å². The SMILES string of the molecule is CC(C)(C)NC(=O)C1(C2CCCCC2)CCN(C(=O)C[C@@H](Cc2ccc(Cl)cc2)NC(=O)[C@H]2Cc3ccccc3[C@H]2N)CC1. The van der Waals surface area contributed by atoms with E-state index in [0.29, 0.717) is 49.7 Å². The maximum absolute atomic E-state index is 13.8.